The minimum atomic E-state index is -0.360. The molecule has 0 aromatic heterocycles. The summed E-state index contributed by atoms with van der Waals surface area (Å²) in [5.41, 5.74) is 0. The lowest BCUT2D eigenvalue weighted by atomic mass is 10.3. The molecule has 1 saturated heterocycles. The average Bonchev–Trinajstić information content (AvgIpc) is 2.89. The van der Waals surface area contributed by atoms with Gasteiger partial charge in [-0.15, -0.1) is 0 Å². The van der Waals surface area contributed by atoms with Gasteiger partial charge in [0.05, 0.1) is 0 Å². The van der Waals surface area contributed by atoms with Gasteiger partial charge < -0.3 is 9.64 Å². The lowest BCUT2D eigenvalue weighted by Crippen LogP contribution is -2.25. The number of benzene rings is 1. The molecule has 0 bridgehead atoms. The highest BCUT2D eigenvalue weighted by molar-refractivity contribution is 8.19. The molecule has 3 nitrogen and oxygen atoms in total. The summed E-state index contributed by atoms with van der Waals surface area (Å²) in [5.74, 6) is 3.33. The van der Waals surface area contributed by atoms with Gasteiger partial charge in [-0.3, -0.25) is 0 Å². The van der Waals surface area contributed by atoms with Gasteiger partial charge in [-0.1, -0.05) is 18.2 Å². The fraction of sp³-hybridized carbons (Fsp3) is 0.417. The van der Waals surface area contributed by atoms with Gasteiger partial charge in [-0.2, -0.15) is 23.5 Å². The molecule has 1 aromatic carbocycles. The third-order valence-electron chi connectivity index (χ3n) is 1.85. The smallest absolute Gasteiger partial charge is 0.410 e. The van der Waals surface area contributed by atoms with E-state index in [0.717, 1.165) is 0 Å². The van der Waals surface area contributed by atoms with Crippen LogP contribution >= 0.6 is 23.5 Å². The first kappa shape index (κ1) is 14.3. The minimum Gasteiger partial charge on any atom is -0.410 e. The maximum atomic E-state index is 11.0. The first-order valence-corrected chi connectivity index (χ1v) is 7.61. The SMILES string of the molecule is C1CSCS1.CN(C)C(=O)Oc1ccccc1. The van der Waals surface area contributed by atoms with E-state index in [1.54, 1.807) is 26.2 Å². The monoisotopic (exact) mass is 271 g/mol. The molecule has 0 saturated carbocycles. The second kappa shape index (κ2) is 8.31. The van der Waals surface area contributed by atoms with Crippen LogP contribution < -0.4 is 4.74 Å². The van der Waals surface area contributed by atoms with Crippen LogP contribution in [0.25, 0.3) is 0 Å². The molecule has 0 aliphatic carbocycles. The Morgan fingerprint density at radius 3 is 2.18 bits per heavy atom. The normalized spacial score (nSPS) is 13.5. The largest absolute Gasteiger partial charge is 0.414 e. The number of thioether (sulfide) groups is 2. The fourth-order valence-electron chi connectivity index (χ4n) is 0.975. The second-order valence-electron chi connectivity index (χ2n) is 3.51. The van der Waals surface area contributed by atoms with Crippen LogP contribution in [0.3, 0.4) is 0 Å². The van der Waals surface area contributed by atoms with E-state index in [2.05, 4.69) is 0 Å². The van der Waals surface area contributed by atoms with Gasteiger partial charge >= 0.3 is 6.09 Å². The molecule has 94 valence electrons. The van der Waals surface area contributed by atoms with Crippen LogP contribution in [0.2, 0.25) is 0 Å². The van der Waals surface area contributed by atoms with Crippen molar-refractivity contribution >= 4 is 29.6 Å². The Labute approximate surface area is 111 Å². The predicted octanol–water partition coefficient (Wildman–Crippen LogP) is 3.17. The van der Waals surface area contributed by atoms with Gasteiger partial charge in [-0.05, 0) is 12.1 Å². The van der Waals surface area contributed by atoms with E-state index in [4.69, 9.17) is 4.74 Å². The first-order valence-electron chi connectivity index (χ1n) is 5.30. The molecule has 1 aliphatic heterocycles. The van der Waals surface area contributed by atoms with Crippen molar-refractivity contribution in [3.05, 3.63) is 30.3 Å². The Bertz CT molecular complexity index is 319. The van der Waals surface area contributed by atoms with Crippen molar-refractivity contribution in [2.75, 3.05) is 30.7 Å². The zero-order chi connectivity index (χ0) is 12.5. The zero-order valence-electron chi connectivity index (χ0n) is 10.1. The zero-order valence-corrected chi connectivity index (χ0v) is 11.7. The van der Waals surface area contributed by atoms with E-state index in [1.807, 2.05) is 41.7 Å². The summed E-state index contributed by atoms with van der Waals surface area (Å²) in [4.78, 5) is 12.4. The summed E-state index contributed by atoms with van der Waals surface area (Å²) in [6, 6.07) is 8.98. The minimum absolute atomic E-state index is 0.360. The van der Waals surface area contributed by atoms with Crippen LogP contribution in [0.5, 0.6) is 5.75 Å². The lowest BCUT2D eigenvalue weighted by molar-refractivity contribution is 0.172. The molecule has 17 heavy (non-hydrogen) atoms. The molecule has 0 atom stereocenters. The Morgan fingerprint density at radius 1 is 1.18 bits per heavy atom. The van der Waals surface area contributed by atoms with Gasteiger partial charge in [-0.25, -0.2) is 4.79 Å². The van der Waals surface area contributed by atoms with Gasteiger partial charge in [0.1, 0.15) is 5.75 Å². The van der Waals surface area contributed by atoms with E-state index >= 15 is 0 Å². The molecule has 1 heterocycles. The van der Waals surface area contributed by atoms with Crippen molar-refractivity contribution in [2.45, 2.75) is 0 Å². The number of hydrogen-bond acceptors (Lipinski definition) is 4. The summed E-state index contributed by atoms with van der Waals surface area (Å²) in [6.45, 7) is 0. The summed E-state index contributed by atoms with van der Waals surface area (Å²) < 4.78 is 4.96. The molecule has 0 spiro atoms. The van der Waals surface area contributed by atoms with Crippen molar-refractivity contribution in [3.63, 3.8) is 0 Å². The number of nitrogens with zero attached hydrogens (tertiary/aromatic N) is 1. The van der Waals surface area contributed by atoms with Crippen LogP contribution in [0.15, 0.2) is 30.3 Å². The fourth-order valence-corrected chi connectivity index (χ4v) is 3.33. The van der Waals surface area contributed by atoms with Gasteiger partial charge in [0.25, 0.3) is 0 Å². The van der Waals surface area contributed by atoms with Crippen molar-refractivity contribution in [3.8, 4) is 5.75 Å². The molecule has 0 N–H and O–H groups in total. The van der Waals surface area contributed by atoms with Gasteiger partial charge in [0.2, 0.25) is 0 Å². The number of carbonyl (C=O) groups excluding carboxylic acids is 1. The highest BCUT2D eigenvalue weighted by atomic mass is 32.2. The molecule has 5 heteroatoms. The molecule has 1 amide bonds. The Hall–Kier alpha value is -0.810. The number of para-hydroxylation sites is 1. The molecule has 2 rings (SSSR count). The summed E-state index contributed by atoms with van der Waals surface area (Å²) in [6.07, 6.45) is -0.360. The second-order valence-corrected chi connectivity index (χ2v) is 6.09. The number of rotatable bonds is 1. The van der Waals surface area contributed by atoms with Crippen LogP contribution in [-0.2, 0) is 0 Å². The molecule has 1 fully saturated rings. The van der Waals surface area contributed by atoms with E-state index in [1.165, 1.54) is 21.5 Å². The number of carbonyl (C=O) groups is 1. The molecular weight excluding hydrogens is 254 g/mol. The Morgan fingerprint density at radius 2 is 1.76 bits per heavy atom. The van der Waals surface area contributed by atoms with Crippen LogP contribution in [0, 0.1) is 0 Å². The lowest BCUT2D eigenvalue weighted by Gasteiger charge is -2.09. The predicted molar refractivity (Wildman–Crippen MR) is 75.9 cm³/mol. The summed E-state index contributed by atoms with van der Waals surface area (Å²) in [5, 5.41) is 1.33. The number of amides is 1. The number of hydrogen-bond donors (Lipinski definition) is 0. The van der Waals surface area contributed by atoms with Gasteiger partial charge in [0.15, 0.2) is 0 Å². The number of ether oxygens (including phenoxy) is 1. The third kappa shape index (κ3) is 6.48. The summed E-state index contributed by atoms with van der Waals surface area (Å²) >= 11 is 4.07. The van der Waals surface area contributed by atoms with Crippen LogP contribution in [-0.4, -0.2) is 41.7 Å². The van der Waals surface area contributed by atoms with E-state index in [9.17, 15) is 4.79 Å². The standard InChI is InChI=1S/C9H11NO2.C3H6S2/c1-10(2)9(11)12-8-6-4-3-5-7-8;1-2-5-3-4-1/h3-7H,1-2H3;1-3H2. The Kier molecular flexibility index (Phi) is 6.96. The molecule has 0 radical (unpaired) electrons. The average molecular weight is 271 g/mol. The highest BCUT2D eigenvalue weighted by Crippen LogP contribution is 2.20. The van der Waals surface area contributed by atoms with Crippen molar-refractivity contribution in [1.29, 1.82) is 0 Å². The molecular formula is C12H17NO2S2. The van der Waals surface area contributed by atoms with Crippen molar-refractivity contribution < 1.29 is 9.53 Å². The topological polar surface area (TPSA) is 29.5 Å². The van der Waals surface area contributed by atoms with E-state index in [-0.39, 0.29) is 6.09 Å². The van der Waals surface area contributed by atoms with Gasteiger partial charge in [0, 0.05) is 30.7 Å². The van der Waals surface area contributed by atoms with Crippen LogP contribution in [0.4, 0.5) is 4.79 Å². The molecule has 1 aromatic rings. The Balaban J connectivity index is 0.000000239. The van der Waals surface area contributed by atoms with Crippen LogP contribution in [0.1, 0.15) is 0 Å². The highest BCUT2D eigenvalue weighted by Gasteiger charge is 2.04. The van der Waals surface area contributed by atoms with E-state index < -0.39 is 0 Å². The first-order chi connectivity index (χ1) is 8.20. The van der Waals surface area contributed by atoms with Crippen molar-refractivity contribution in [1.82, 2.24) is 4.90 Å². The summed E-state index contributed by atoms with van der Waals surface area (Å²) in [7, 11) is 3.29. The molecule has 0 unspecified atom stereocenters. The quantitative estimate of drug-likeness (QED) is 0.784. The third-order valence-corrected chi connectivity index (χ3v) is 4.43. The maximum absolute atomic E-state index is 11.0. The molecule has 1 aliphatic rings. The van der Waals surface area contributed by atoms with Crippen molar-refractivity contribution in [2.24, 2.45) is 0 Å². The maximum Gasteiger partial charge on any atom is 0.414 e. The van der Waals surface area contributed by atoms with E-state index in [0.29, 0.717) is 5.75 Å².